The Bertz CT molecular complexity index is 1040. The Balaban J connectivity index is 2.07. The van der Waals surface area contributed by atoms with E-state index in [9.17, 15) is 18.5 Å². The number of hydrogen-bond donors (Lipinski definition) is 4. The van der Waals surface area contributed by atoms with Crippen LogP contribution in [0, 0.1) is 10.1 Å². The van der Waals surface area contributed by atoms with Gasteiger partial charge in [0.05, 0.1) is 15.5 Å². The molecule has 0 unspecified atom stereocenters. The number of sulfonamides is 1. The van der Waals surface area contributed by atoms with Crippen LogP contribution in [-0.2, 0) is 14.8 Å². The average Bonchev–Trinajstić information content (AvgIpc) is 2.71. The molecule has 0 aliphatic heterocycles. The molecule has 0 aromatic heterocycles. The third-order valence-electron chi connectivity index (χ3n) is 3.82. The number of nitrogens with zero attached hydrogens (tertiary/aromatic N) is 1. The molecule has 0 saturated carbocycles. The molecule has 0 atom stereocenters. The third kappa shape index (κ3) is 7.83. The molecule has 0 amide bonds. The van der Waals surface area contributed by atoms with Crippen LogP contribution in [0.1, 0.15) is 13.3 Å². The van der Waals surface area contributed by atoms with Crippen molar-refractivity contribution in [3.8, 4) is 0 Å². The predicted molar refractivity (Wildman–Crippen MR) is 124 cm³/mol. The second-order valence-corrected chi connectivity index (χ2v) is 8.64. The summed E-state index contributed by atoms with van der Waals surface area (Å²) >= 11 is 11.0. The highest BCUT2D eigenvalue weighted by atomic mass is 35.5. The van der Waals surface area contributed by atoms with E-state index in [1.165, 1.54) is 24.3 Å². The van der Waals surface area contributed by atoms with Gasteiger partial charge >= 0.3 is 0 Å². The smallest absolute Gasteiger partial charge is 0.295 e. The van der Waals surface area contributed by atoms with Gasteiger partial charge in [0.15, 0.2) is 5.11 Å². The van der Waals surface area contributed by atoms with Crippen LogP contribution in [0.15, 0.2) is 47.4 Å². The lowest BCUT2D eigenvalue weighted by atomic mass is 10.3. The van der Waals surface area contributed by atoms with E-state index in [1.54, 1.807) is 12.1 Å². The first kappa shape index (κ1) is 24.6. The Hall–Kier alpha value is -2.67. The molecule has 31 heavy (non-hydrogen) atoms. The molecule has 0 aliphatic carbocycles. The van der Waals surface area contributed by atoms with E-state index < -0.39 is 20.6 Å². The second kappa shape index (κ2) is 11.6. The Labute approximate surface area is 190 Å². The SMILES string of the molecule is CCOCCCNC(=S)NNc1ccc(S(=O)(=O)Nc2cccc(Cl)c2)cc1[N+](=O)[O-]. The van der Waals surface area contributed by atoms with Crippen molar-refractivity contribution in [1.82, 2.24) is 10.7 Å². The number of rotatable bonds is 11. The molecule has 0 radical (unpaired) electrons. The summed E-state index contributed by atoms with van der Waals surface area (Å²) in [5.41, 5.74) is 5.10. The molecule has 10 nitrogen and oxygen atoms in total. The summed E-state index contributed by atoms with van der Waals surface area (Å²) in [5, 5.41) is 15.0. The average molecular weight is 488 g/mol. The van der Waals surface area contributed by atoms with Gasteiger partial charge in [-0.25, -0.2) is 8.42 Å². The molecule has 0 spiro atoms. The largest absolute Gasteiger partial charge is 0.382 e. The molecule has 0 saturated heterocycles. The number of nitro benzene ring substituents is 1. The van der Waals surface area contributed by atoms with Crippen molar-refractivity contribution < 1.29 is 18.1 Å². The van der Waals surface area contributed by atoms with Crippen LogP contribution in [0.5, 0.6) is 0 Å². The Kier molecular flexibility index (Phi) is 9.24. The van der Waals surface area contributed by atoms with E-state index in [0.717, 1.165) is 12.5 Å². The molecule has 0 heterocycles. The number of halogens is 1. The Morgan fingerprint density at radius 3 is 2.71 bits per heavy atom. The number of ether oxygens (including phenoxy) is 1. The topological polar surface area (TPSA) is 135 Å². The number of benzene rings is 2. The summed E-state index contributed by atoms with van der Waals surface area (Å²) in [6.07, 6.45) is 0.738. The van der Waals surface area contributed by atoms with Crippen molar-refractivity contribution in [3.63, 3.8) is 0 Å². The molecule has 2 aromatic carbocycles. The van der Waals surface area contributed by atoms with Gasteiger partial charge in [0.25, 0.3) is 15.7 Å². The van der Waals surface area contributed by atoms with Crippen LogP contribution in [0.3, 0.4) is 0 Å². The molecule has 2 rings (SSSR count). The van der Waals surface area contributed by atoms with Crippen LogP contribution in [-0.4, -0.2) is 38.2 Å². The van der Waals surface area contributed by atoms with Gasteiger partial charge in [0, 0.05) is 30.8 Å². The highest BCUT2D eigenvalue weighted by molar-refractivity contribution is 7.92. The summed E-state index contributed by atoms with van der Waals surface area (Å²) in [4.78, 5) is 10.5. The van der Waals surface area contributed by atoms with Gasteiger partial charge in [-0.2, -0.15) is 0 Å². The van der Waals surface area contributed by atoms with Crippen molar-refractivity contribution >= 4 is 56.0 Å². The minimum Gasteiger partial charge on any atom is -0.382 e. The number of thiocarbonyl (C=S) groups is 1. The highest BCUT2D eigenvalue weighted by Gasteiger charge is 2.22. The fourth-order valence-corrected chi connectivity index (χ4v) is 3.80. The Morgan fingerprint density at radius 2 is 2.03 bits per heavy atom. The van der Waals surface area contributed by atoms with Crippen molar-refractivity contribution in [2.75, 3.05) is 29.9 Å². The fourth-order valence-electron chi connectivity index (χ4n) is 2.39. The van der Waals surface area contributed by atoms with Gasteiger partial charge in [0.1, 0.15) is 5.69 Å². The number of anilines is 2. The molecular formula is C18H22ClN5O5S2. The lowest BCUT2D eigenvalue weighted by Gasteiger charge is -2.14. The fraction of sp³-hybridized carbons (Fsp3) is 0.278. The van der Waals surface area contributed by atoms with Crippen molar-refractivity contribution in [2.45, 2.75) is 18.2 Å². The van der Waals surface area contributed by atoms with Crippen molar-refractivity contribution in [2.24, 2.45) is 0 Å². The minimum absolute atomic E-state index is 0.0465. The van der Waals surface area contributed by atoms with Crippen LogP contribution in [0.25, 0.3) is 0 Å². The van der Waals surface area contributed by atoms with Crippen molar-refractivity contribution in [1.29, 1.82) is 0 Å². The van der Waals surface area contributed by atoms with Crippen LogP contribution < -0.4 is 20.9 Å². The number of hydrogen-bond acceptors (Lipinski definition) is 7. The number of hydrazine groups is 1. The molecule has 168 valence electrons. The molecule has 0 aliphatic rings. The highest BCUT2D eigenvalue weighted by Crippen LogP contribution is 2.28. The molecular weight excluding hydrogens is 466 g/mol. The zero-order chi connectivity index (χ0) is 22.9. The predicted octanol–water partition coefficient (Wildman–Crippen LogP) is 3.27. The molecule has 2 aromatic rings. The normalized spacial score (nSPS) is 10.9. The molecule has 0 bridgehead atoms. The van der Waals surface area contributed by atoms with E-state index in [0.29, 0.717) is 24.8 Å². The first-order chi connectivity index (χ1) is 14.7. The van der Waals surface area contributed by atoms with Gasteiger partial charge in [0.2, 0.25) is 0 Å². The van der Waals surface area contributed by atoms with Crippen LogP contribution >= 0.6 is 23.8 Å². The first-order valence-electron chi connectivity index (χ1n) is 9.17. The summed E-state index contributed by atoms with van der Waals surface area (Å²) in [7, 11) is -4.07. The molecule has 13 heteroatoms. The van der Waals surface area contributed by atoms with Gasteiger partial charge in [-0.1, -0.05) is 17.7 Å². The molecule has 0 fully saturated rings. The monoisotopic (exact) mass is 487 g/mol. The summed E-state index contributed by atoms with van der Waals surface area (Å²) in [6.45, 7) is 3.68. The van der Waals surface area contributed by atoms with Gasteiger partial charge < -0.3 is 10.1 Å². The zero-order valence-corrected chi connectivity index (χ0v) is 18.9. The van der Waals surface area contributed by atoms with Gasteiger partial charge in [-0.15, -0.1) is 0 Å². The van der Waals surface area contributed by atoms with Crippen LogP contribution in [0.2, 0.25) is 5.02 Å². The van der Waals surface area contributed by atoms with E-state index in [2.05, 4.69) is 20.9 Å². The van der Waals surface area contributed by atoms with E-state index >= 15 is 0 Å². The minimum atomic E-state index is -4.07. The first-order valence-corrected chi connectivity index (χ1v) is 11.4. The number of nitrogens with one attached hydrogen (secondary N) is 4. The van der Waals surface area contributed by atoms with Crippen molar-refractivity contribution in [3.05, 3.63) is 57.6 Å². The maximum absolute atomic E-state index is 12.6. The van der Waals surface area contributed by atoms with Gasteiger partial charge in [-0.05, 0) is 55.9 Å². The van der Waals surface area contributed by atoms with Crippen LogP contribution in [0.4, 0.5) is 17.1 Å². The second-order valence-electron chi connectivity index (χ2n) is 6.11. The summed E-state index contributed by atoms with van der Waals surface area (Å²) in [5.74, 6) is 0. The van der Waals surface area contributed by atoms with E-state index in [1.807, 2.05) is 6.92 Å². The zero-order valence-electron chi connectivity index (χ0n) is 16.6. The Morgan fingerprint density at radius 1 is 1.26 bits per heavy atom. The van der Waals surface area contributed by atoms with E-state index in [4.69, 9.17) is 28.6 Å². The maximum Gasteiger partial charge on any atom is 0.295 e. The summed E-state index contributed by atoms with van der Waals surface area (Å²) in [6, 6.07) is 9.58. The number of nitro groups is 1. The molecule has 4 N–H and O–H groups in total. The lowest BCUT2D eigenvalue weighted by Crippen LogP contribution is -2.39. The summed E-state index contributed by atoms with van der Waals surface area (Å²) < 4.78 is 32.8. The lowest BCUT2D eigenvalue weighted by molar-refractivity contribution is -0.384. The maximum atomic E-state index is 12.6. The van der Waals surface area contributed by atoms with E-state index in [-0.39, 0.29) is 21.4 Å². The third-order valence-corrected chi connectivity index (χ3v) is 5.68. The standard InChI is InChI=1S/C18H22ClN5O5S2/c1-2-29-10-4-9-20-18(30)22-21-16-8-7-15(12-17(16)24(25)26)31(27,28)23-14-6-3-5-13(19)11-14/h3,5-8,11-12,21,23H,2,4,9-10H2,1H3,(H2,20,22,30). The van der Waals surface area contributed by atoms with Gasteiger partial charge in [-0.3, -0.25) is 25.7 Å². The quantitative estimate of drug-likeness (QED) is 0.163.